The number of amides is 2. The van der Waals surface area contributed by atoms with Gasteiger partial charge in [-0.15, -0.1) is 11.8 Å². The van der Waals surface area contributed by atoms with Crippen molar-refractivity contribution in [2.45, 2.75) is 50.8 Å². The van der Waals surface area contributed by atoms with E-state index in [0.717, 1.165) is 19.3 Å². The predicted octanol–water partition coefficient (Wildman–Crippen LogP) is 1.00. The minimum Gasteiger partial charge on any atom is -0.480 e. The van der Waals surface area contributed by atoms with Crippen LogP contribution in [-0.4, -0.2) is 47.0 Å². The monoisotopic (exact) mass is 304 g/mol. The second kappa shape index (κ2) is 11.6. The number of carboxylic acid groups (broad SMARTS) is 1. The van der Waals surface area contributed by atoms with E-state index >= 15 is 0 Å². The maximum absolute atomic E-state index is 11.7. The van der Waals surface area contributed by atoms with Crippen LogP contribution >= 0.6 is 11.8 Å². The average molecular weight is 304 g/mol. The normalized spacial score (nSPS) is 13.3. The molecule has 2 unspecified atom stereocenters. The van der Waals surface area contributed by atoms with Crippen LogP contribution < -0.4 is 10.6 Å². The first-order valence-corrected chi connectivity index (χ1v) is 7.89. The fraction of sp³-hybridized carbons (Fsp3) is 0.769. The summed E-state index contributed by atoms with van der Waals surface area (Å²) in [6, 6.07) is -0.889. The summed E-state index contributed by atoms with van der Waals surface area (Å²) in [5, 5.41) is 13.7. The number of carbonyl (C=O) groups excluding carboxylic acids is 2. The van der Waals surface area contributed by atoms with E-state index in [0.29, 0.717) is 25.1 Å². The Labute approximate surface area is 124 Å². The molecule has 0 aliphatic rings. The van der Waals surface area contributed by atoms with Crippen LogP contribution in [0.1, 0.15) is 39.5 Å². The Kier molecular flexibility index (Phi) is 10.9. The highest BCUT2D eigenvalue weighted by atomic mass is 32.2. The molecule has 6 nitrogen and oxygen atoms in total. The SMILES string of the molecule is CCCCCNC(=O)C(C)SCCC(NC=O)C(=O)O. The average Bonchev–Trinajstić information content (AvgIpc) is 2.42. The van der Waals surface area contributed by atoms with Crippen LogP contribution in [0.3, 0.4) is 0 Å². The molecule has 0 aliphatic heterocycles. The number of aliphatic carboxylic acids is 1. The molecule has 0 fully saturated rings. The molecule has 0 aromatic rings. The molecular formula is C13H24N2O4S. The fourth-order valence-corrected chi connectivity index (χ4v) is 2.49. The van der Waals surface area contributed by atoms with Crippen LogP contribution in [-0.2, 0) is 14.4 Å². The van der Waals surface area contributed by atoms with Gasteiger partial charge in [0.2, 0.25) is 12.3 Å². The summed E-state index contributed by atoms with van der Waals surface area (Å²) in [6.45, 7) is 4.58. The topological polar surface area (TPSA) is 95.5 Å². The molecule has 0 aromatic carbocycles. The molecule has 0 aliphatic carbocycles. The molecular weight excluding hydrogens is 280 g/mol. The summed E-state index contributed by atoms with van der Waals surface area (Å²) >= 11 is 1.39. The number of carbonyl (C=O) groups is 3. The molecule has 0 bridgehead atoms. The van der Waals surface area contributed by atoms with E-state index in [1.54, 1.807) is 6.92 Å². The zero-order chi connectivity index (χ0) is 15.4. The Morgan fingerprint density at radius 2 is 2.05 bits per heavy atom. The van der Waals surface area contributed by atoms with Crippen LogP contribution in [0.2, 0.25) is 0 Å². The third-order valence-electron chi connectivity index (χ3n) is 2.79. The smallest absolute Gasteiger partial charge is 0.326 e. The number of rotatable bonds is 12. The highest BCUT2D eigenvalue weighted by Gasteiger charge is 2.18. The highest BCUT2D eigenvalue weighted by molar-refractivity contribution is 8.00. The van der Waals surface area contributed by atoms with Gasteiger partial charge in [-0.3, -0.25) is 9.59 Å². The van der Waals surface area contributed by atoms with Crippen molar-refractivity contribution in [3.63, 3.8) is 0 Å². The number of hydrogen-bond acceptors (Lipinski definition) is 4. The quantitative estimate of drug-likeness (QED) is 0.369. The van der Waals surface area contributed by atoms with Gasteiger partial charge < -0.3 is 15.7 Å². The van der Waals surface area contributed by atoms with E-state index in [1.807, 2.05) is 0 Å². The summed E-state index contributed by atoms with van der Waals surface area (Å²) in [5.41, 5.74) is 0. The Hall–Kier alpha value is -1.24. The zero-order valence-corrected chi connectivity index (χ0v) is 12.9. The Morgan fingerprint density at radius 1 is 1.35 bits per heavy atom. The van der Waals surface area contributed by atoms with E-state index < -0.39 is 12.0 Å². The van der Waals surface area contributed by atoms with E-state index in [4.69, 9.17) is 5.11 Å². The van der Waals surface area contributed by atoms with E-state index in [2.05, 4.69) is 17.6 Å². The van der Waals surface area contributed by atoms with Gasteiger partial charge in [-0.2, -0.15) is 0 Å². The van der Waals surface area contributed by atoms with Crippen molar-refractivity contribution in [2.75, 3.05) is 12.3 Å². The molecule has 2 atom stereocenters. The van der Waals surface area contributed by atoms with Crippen molar-refractivity contribution in [1.82, 2.24) is 10.6 Å². The van der Waals surface area contributed by atoms with E-state index in [-0.39, 0.29) is 11.2 Å². The molecule has 0 radical (unpaired) electrons. The molecule has 20 heavy (non-hydrogen) atoms. The van der Waals surface area contributed by atoms with Crippen molar-refractivity contribution >= 4 is 30.0 Å². The van der Waals surface area contributed by atoms with Crippen molar-refractivity contribution in [1.29, 1.82) is 0 Å². The van der Waals surface area contributed by atoms with Gasteiger partial charge in [0.15, 0.2) is 0 Å². The second-order valence-corrected chi connectivity index (χ2v) is 5.92. The van der Waals surface area contributed by atoms with Gasteiger partial charge in [-0.05, 0) is 25.5 Å². The van der Waals surface area contributed by atoms with E-state index in [9.17, 15) is 14.4 Å². The van der Waals surface area contributed by atoms with E-state index in [1.165, 1.54) is 11.8 Å². The van der Waals surface area contributed by atoms with Gasteiger partial charge in [0, 0.05) is 6.54 Å². The number of unbranched alkanes of at least 4 members (excludes halogenated alkanes) is 2. The lowest BCUT2D eigenvalue weighted by Gasteiger charge is -2.14. The van der Waals surface area contributed by atoms with Crippen molar-refractivity contribution < 1.29 is 19.5 Å². The molecule has 0 spiro atoms. The molecule has 0 heterocycles. The predicted molar refractivity (Wildman–Crippen MR) is 79.7 cm³/mol. The molecule has 116 valence electrons. The molecule has 0 rings (SSSR count). The van der Waals surface area contributed by atoms with Gasteiger partial charge in [0.1, 0.15) is 6.04 Å². The minimum atomic E-state index is -1.06. The summed E-state index contributed by atoms with van der Waals surface area (Å²) < 4.78 is 0. The zero-order valence-electron chi connectivity index (χ0n) is 12.1. The van der Waals surface area contributed by atoms with Crippen molar-refractivity contribution in [3.05, 3.63) is 0 Å². The molecule has 0 saturated carbocycles. The lowest BCUT2D eigenvalue weighted by Crippen LogP contribution is -2.36. The molecule has 0 aromatic heterocycles. The Morgan fingerprint density at radius 3 is 2.60 bits per heavy atom. The van der Waals surface area contributed by atoms with Gasteiger partial charge in [-0.1, -0.05) is 19.8 Å². The van der Waals surface area contributed by atoms with Crippen LogP contribution in [0, 0.1) is 0 Å². The third kappa shape index (κ3) is 8.79. The van der Waals surface area contributed by atoms with Gasteiger partial charge in [0.25, 0.3) is 0 Å². The summed E-state index contributed by atoms with van der Waals surface area (Å²) in [6.07, 6.45) is 3.86. The van der Waals surface area contributed by atoms with Crippen molar-refractivity contribution in [2.24, 2.45) is 0 Å². The highest BCUT2D eigenvalue weighted by Crippen LogP contribution is 2.13. The van der Waals surface area contributed by atoms with Gasteiger partial charge >= 0.3 is 5.97 Å². The summed E-state index contributed by atoms with van der Waals surface area (Å²) in [7, 11) is 0. The molecule has 0 saturated heterocycles. The lowest BCUT2D eigenvalue weighted by atomic mass is 10.2. The first-order chi connectivity index (χ1) is 9.52. The maximum Gasteiger partial charge on any atom is 0.326 e. The standard InChI is InChI=1S/C13H24N2O4S/c1-3-4-5-7-14-12(17)10(2)20-8-6-11(13(18)19)15-9-16/h9-11H,3-8H2,1-2H3,(H,14,17)(H,15,16)(H,18,19). The minimum absolute atomic E-state index is 0.0266. The molecule has 3 N–H and O–H groups in total. The maximum atomic E-state index is 11.7. The number of nitrogens with one attached hydrogen (secondary N) is 2. The van der Waals surface area contributed by atoms with Gasteiger partial charge in [0.05, 0.1) is 5.25 Å². The summed E-state index contributed by atoms with van der Waals surface area (Å²) in [5.74, 6) is -0.586. The van der Waals surface area contributed by atoms with Gasteiger partial charge in [-0.25, -0.2) is 4.79 Å². The molecule has 7 heteroatoms. The Bertz CT molecular complexity index is 313. The first-order valence-electron chi connectivity index (χ1n) is 6.84. The summed E-state index contributed by atoms with van der Waals surface area (Å²) in [4.78, 5) is 32.8. The van der Waals surface area contributed by atoms with Crippen LogP contribution in [0.5, 0.6) is 0 Å². The fourth-order valence-electron chi connectivity index (χ4n) is 1.53. The largest absolute Gasteiger partial charge is 0.480 e. The first kappa shape index (κ1) is 18.8. The Balaban J connectivity index is 3.84. The number of thioether (sulfide) groups is 1. The van der Waals surface area contributed by atoms with Crippen LogP contribution in [0.25, 0.3) is 0 Å². The van der Waals surface area contributed by atoms with Crippen molar-refractivity contribution in [3.8, 4) is 0 Å². The third-order valence-corrected chi connectivity index (χ3v) is 3.98. The molecule has 2 amide bonds. The lowest BCUT2D eigenvalue weighted by molar-refractivity contribution is -0.140. The van der Waals surface area contributed by atoms with Crippen LogP contribution in [0.4, 0.5) is 0 Å². The second-order valence-electron chi connectivity index (χ2n) is 4.48. The van der Waals surface area contributed by atoms with Crippen LogP contribution in [0.15, 0.2) is 0 Å². The number of hydrogen-bond donors (Lipinski definition) is 3. The number of carboxylic acids is 1.